The van der Waals surface area contributed by atoms with Gasteiger partial charge in [0, 0.05) is 30.7 Å². The lowest BCUT2D eigenvalue weighted by molar-refractivity contribution is -0.121. The Morgan fingerprint density at radius 2 is 1.69 bits per heavy atom. The van der Waals surface area contributed by atoms with Crippen LogP contribution in [-0.4, -0.2) is 54.1 Å². The summed E-state index contributed by atoms with van der Waals surface area (Å²) in [4.78, 5) is 26.3. The van der Waals surface area contributed by atoms with Crippen molar-refractivity contribution in [3.05, 3.63) is 35.4 Å². The number of carbonyl (C=O) groups excluding carboxylic acids is 2. The van der Waals surface area contributed by atoms with E-state index in [4.69, 9.17) is 4.74 Å². The predicted octanol–water partition coefficient (Wildman–Crippen LogP) is 1.94. The molecule has 2 N–H and O–H groups in total. The minimum Gasteiger partial charge on any atom is -0.373 e. The molecule has 1 aliphatic rings. The lowest BCUT2D eigenvalue weighted by Crippen LogP contribution is -2.45. The highest BCUT2D eigenvalue weighted by atomic mass is 16.5. The number of carbonyl (C=O) groups is 2. The smallest absolute Gasteiger partial charge is 0.251 e. The van der Waals surface area contributed by atoms with E-state index in [1.807, 2.05) is 32.9 Å². The van der Waals surface area contributed by atoms with Crippen LogP contribution in [0.2, 0.25) is 0 Å². The summed E-state index contributed by atoms with van der Waals surface area (Å²) in [6.07, 6.45) is 0.478. The molecule has 0 spiro atoms. The number of hydrogen-bond acceptors (Lipinski definition) is 4. The number of rotatable bonds is 5. The second-order valence-corrected chi connectivity index (χ2v) is 8.13. The highest BCUT2D eigenvalue weighted by Gasteiger charge is 2.22. The van der Waals surface area contributed by atoms with Gasteiger partial charge in [-0.05, 0) is 52.3 Å². The van der Waals surface area contributed by atoms with E-state index >= 15 is 0 Å². The third-order valence-corrected chi connectivity index (χ3v) is 4.04. The minimum absolute atomic E-state index is 0.0264. The van der Waals surface area contributed by atoms with Crippen molar-refractivity contribution in [2.45, 2.75) is 58.9 Å². The molecule has 1 aromatic carbocycles. The van der Waals surface area contributed by atoms with Gasteiger partial charge in [0.1, 0.15) is 0 Å². The zero-order chi connectivity index (χ0) is 19.3. The van der Waals surface area contributed by atoms with E-state index in [9.17, 15) is 9.59 Å². The molecule has 2 amide bonds. The number of hydrogen-bond donors (Lipinski definition) is 2. The van der Waals surface area contributed by atoms with Crippen LogP contribution < -0.4 is 10.6 Å². The van der Waals surface area contributed by atoms with Crippen molar-refractivity contribution in [2.24, 2.45) is 0 Å². The summed E-state index contributed by atoms with van der Waals surface area (Å²) in [5.74, 6) is -0.438. The van der Waals surface area contributed by atoms with Gasteiger partial charge < -0.3 is 15.4 Å². The SMILES string of the molecule is CC1CN(Cc2ccc(C(=O)NCC(=O)NC(C)(C)C)cc2)CC(C)O1. The fourth-order valence-electron chi connectivity index (χ4n) is 3.16. The van der Waals surface area contributed by atoms with E-state index in [2.05, 4.69) is 29.4 Å². The second kappa shape index (κ2) is 8.64. The molecule has 0 radical (unpaired) electrons. The van der Waals surface area contributed by atoms with Gasteiger partial charge in [0.2, 0.25) is 5.91 Å². The molecule has 1 saturated heterocycles. The van der Waals surface area contributed by atoms with Crippen LogP contribution in [-0.2, 0) is 16.1 Å². The molecule has 1 heterocycles. The Bertz CT molecular complexity index is 612. The van der Waals surface area contributed by atoms with Gasteiger partial charge >= 0.3 is 0 Å². The van der Waals surface area contributed by atoms with Gasteiger partial charge in [-0.2, -0.15) is 0 Å². The molecule has 0 saturated carbocycles. The van der Waals surface area contributed by atoms with Crippen molar-refractivity contribution in [1.29, 1.82) is 0 Å². The van der Waals surface area contributed by atoms with Gasteiger partial charge in [0.25, 0.3) is 5.91 Å². The zero-order valence-corrected chi connectivity index (χ0v) is 16.5. The molecule has 2 unspecified atom stereocenters. The standard InChI is InChI=1S/C20H31N3O3/c1-14-11-23(12-15(2)26-14)13-16-6-8-17(9-7-16)19(25)21-10-18(24)22-20(3,4)5/h6-9,14-15H,10-13H2,1-5H3,(H,21,25)(H,22,24). The first-order chi connectivity index (χ1) is 12.1. The van der Waals surface area contributed by atoms with Crippen LogP contribution in [0.1, 0.15) is 50.5 Å². The van der Waals surface area contributed by atoms with Gasteiger partial charge in [0.05, 0.1) is 18.8 Å². The van der Waals surface area contributed by atoms with Crippen LogP contribution in [0.25, 0.3) is 0 Å². The summed E-state index contributed by atoms with van der Waals surface area (Å²) in [6, 6.07) is 7.54. The van der Waals surface area contributed by atoms with Crippen molar-refractivity contribution >= 4 is 11.8 Å². The van der Waals surface area contributed by atoms with E-state index < -0.39 is 0 Å². The number of nitrogens with zero attached hydrogens (tertiary/aromatic N) is 1. The highest BCUT2D eigenvalue weighted by Crippen LogP contribution is 2.14. The van der Waals surface area contributed by atoms with E-state index in [1.54, 1.807) is 12.1 Å². The molecule has 144 valence electrons. The number of nitrogens with one attached hydrogen (secondary N) is 2. The molecule has 2 atom stereocenters. The Kier molecular flexibility index (Phi) is 6.78. The maximum absolute atomic E-state index is 12.2. The Labute approximate surface area is 156 Å². The lowest BCUT2D eigenvalue weighted by Gasteiger charge is -2.35. The lowest BCUT2D eigenvalue weighted by atomic mass is 10.1. The molecule has 0 aromatic heterocycles. The summed E-state index contributed by atoms with van der Waals surface area (Å²) in [5.41, 5.74) is 1.41. The van der Waals surface area contributed by atoms with E-state index in [1.165, 1.54) is 0 Å². The van der Waals surface area contributed by atoms with Crippen LogP contribution >= 0.6 is 0 Å². The summed E-state index contributed by atoms with van der Waals surface area (Å²) in [6.45, 7) is 12.5. The summed E-state index contributed by atoms with van der Waals surface area (Å²) >= 11 is 0. The maximum atomic E-state index is 12.2. The summed E-state index contributed by atoms with van der Waals surface area (Å²) in [5, 5.41) is 5.47. The molecule has 1 aliphatic heterocycles. The van der Waals surface area contributed by atoms with Crippen LogP contribution in [0.3, 0.4) is 0 Å². The molecule has 0 aliphatic carbocycles. The van der Waals surface area contributed by atoms with Crippen LogP contribution in [0.5, 0.6) is 0 Å². The third-order valence-electron chi connectivity index (χ3n) is 4.04. The van der Waals surface area contributed by atoms with Crippen LogP contribution in [0.15, 0.2) is 24.3 Å². The van der Waals surface area contributed by atoms with Crippen molar-refractivity contribution in [3.63, 3.8) is 0 Å². The average Bonchev–Trinajstić information content (AvgIpc) is 2.50. The summed E-state index contributed by atoms with van der Waals surface area (Å²) < 4.78 is 5.75. The molecule has 1 aromatic rings. The van der Waals surface area contributed by atoms with Crippen molar-refractivity contribution in [2.75, 3.05) is 19.6 Å². The van der Waals surface area contributed by atoms with Crippen LogP contribution in [0, 0.1) is 0 Å². The van der Waals surface area contributed by atoms with Gasteiger partial charge in [-0.25, -0.2) is 0 Å². The third kappa shape index (κ3) is 6.77. The van der Waals surface area contributed by atoms with Crippen molar-refractivity contribution in [1.82, 2.24) is 15.5 Å². The number of ether oxygens (including phenoxy) is 1. The zero-order valence-electron chi connectivity index (χ0n) is 16.5. The minimum atomic E-state index is -0.308. The Hall–Kier alpha value is -1.92. The molecule has 6 nitrogen and oxygen atoms in total. The Balaban J connectivity index is 1.84. The number of amides is 2. The summed E-state index contributed by atoms with van der Waals surface area (Å²) in [7, 11) is 0. The molecule has 26 heavy (non-hydrogen) atoms. The second-order valence-electron chi connectivity index (χ2n) is 8.13. The quantitative estimate of drug-likeness (QED) is 0.841. The molecular formula is C20H31N3O3. The first-order valence-electron chi connectivity index (χ1n) is 9.18. The first-order valence-corrected chi connectivity index (χ1v) is 9.18. The van der Waals surface area contributed by atoms with Gasteiger partial charge in [-0.3, -0.25) is 14.5 Å². The first kappa shape index (κ1) is 20.4. The normalized spacial score (nSPS) is 21.3. The van der Waals surface area contributed by atoms with E-state index in [-0.39, 0.29) is 36.1 Å². The number of benzene rings is 1. The molecule has 6 heteroatoms. The average molecular weight is 361 g/mol. The molecule has 0 bridgehead atoms. The van der Waals surface area contributed by atoms with Gasteiger partial charge in [-0.15, -0.1) is 0 Å². The van der Waals surface area contributed by atoms with Crippen LogP contribution in [0.4, 0.5) is 0 Å². The fourth-order valence-corrected chi connectivity index (χ4v) is 3.16. The Morgan fingerprint density at radius 1 is 1.12 bits per heavy atom. The predicted molar refractivity (Wildman–Crippen MR) is 102 cm³/mol. The number of morpholine rings is 1. The highest BCUT2D eigenvalue weighted by molar-refractivity contribution is 5.96. The molecule has 1 fully saturated rings. The van der Waals surface area contributed by atoms with E-state index in [0.717, 1.165) is 25.2 Å². The Morgan fingerprint density at radius 3 is 2.23 bits per heavy atom. The maximum Gasteiger partial charge on any atom is 0.251 e. The van der Waals surface area contributed by atoms with Gasteiger partial charge in [-0.1, -0.05) is 12.1 Å². The van der Waals surface area contributed by atoms with Gasteiger partial charge in [0.15, 0.2) is 0 Å². The fraction of sp³-hybridized carbons (Fsp3) is 0.600. The van der Waals surface area contributed by atoms with Crippen molar-refractivity contribution in [3.8, 4) is 0 Å². The topological polar surface area (TPSA) is 70.7 Å². The molecular weight excluding hydrogens is 330 g/mol. The largest absolute Gasteiger partial charge is 0.373 e. The van der Waals surface area contributed by atoms with E-state index in [0.29, 0.717) is 5.56 Å². The van der Waals surface area contributed by atoms with Crippen molar-refractivity contribution < 1.29 is 14.3 Å². The molecule has 2 rings (SSSR count). The monoisotopic (exact) mass is 361 g/mol.